The van der Waals surface area contributed by atoms with Gasteiger partial charge in [-0.15, -0.1) is 0 Å². The summed E-state index contributed by atoms with van der Waals surface area (Å²) in [5.74, 6) is 0.349. The first kappa shape index (κ1) is 12.4. The second-order valence-corrected chi connectivity index (χ2v) is 3.32. The summed E-state index contributed by atoms with van der Waals surface area (Å²) in [6.45, 7) is 6.58. The first-order valence-electron chi connectivity index (χ1n) is 4.99. The van der Waals surface area contributed by atoms with Crippen LogP contribution in [0.15, 0.2) is 0 Å². The Labute approximate surface area is 80.8 Å². The molecule has 0 rings (SSSR count). The largest absolute Gasteiger partial charge is 0.464 e. The minimum atomic E-state index is -0.200. The van der Waals surface area contributed by atoms with Gasteiger partial charge in [0, 0.05) is 0 Å². The molecule has 13 heavy (non-hydrogen) atoms. The zero-order chi connectivity index (χ0) is 10.3. The zero-order valence-electron chi connectivity index (χ0n) is 9.09. The molecule has 0 fully saturated rings. The van der Waals surface area contributed by atoms with Gasteiger partial charge in [-0.25, -0.2) is 0 Å². The van der Waals surface area contributed by atoms with E-state index >= 15 is 0 Å². The molecule has 0 aromatic heterocycles. The van der Waals surface area contributed by atoms with Gasteiger partial charge in [0.1, 0.15) is 6.04 Å². The molecule has 1 N–H and O–H groups in total. The van der Waals surface area contributed by atoms with Crippen LogP contribution in [-0.2, 0) is 9.53 Å². The second-order valence-electron chi connectivity index (χ2n) is 3.32. The van der Waals surface area contributed by atoms with E-state index < -0.39 is 0 Å². The van der Waals surface area contributed by atoms with Crippen LogP contribution in [0, 0.1) is 5.92 Å². The van der Waals surface area contributed by atoms with Gasteiger partial charge in [-0.05, 0) is 19.9 Å². The normalized spacial score (nSPS) is 13.0. The highest BCUT2D eigenvalue weighted by molar-refractivity contribution is 5.75. The minimum absolute atomic E-state index is 0.158. The molecule has 3 nitrogen and oxygen atoms in total. The molecule has 0 aromatic carbocycles. The van der Waals surface area contributed by atoms with Gasteiger partial charge in [0.25, 0.3) is 0 Å². The van der Waals surface area contributed by atoms with Crippen LogP contribution < -0.4 is 5.32 Å². The maximum atomic E-state index is 11.2. The van der Waals surface area contributed by atoms with E-state index in [1.54, 1.807) is 14.0 Å². The fourth-order valence-electron chi connectivity index (χ4n) is 0.967. The first-order chi connectivity index (χ1) is 6.15. The fraction of sp³-hybridized carbons (Fsp3) is 0.900. The highest BCUT2D eigenvalue weighted by Gasteiger charge is 2.13. The lowest BCUT2D eigenvalue weighted by molar-refractivity contribution is -0.147. The summed E-state index contributed by atoms with van der Waals surface area (Å²) in [6, 6.07) is -0.200. The number of esters is 1. The number of likely N-dealkylation sites (N-methyl/N-ethyl adjacent to an activating group) is 1. The maximum absolute atomic E-state index is 11.2. The molecule has 0 aliphatic heterocycles. The summed E-state index contributed by atoms with van der Waals surface area (Å²) in [5, 5.41) is 2.85. The standard InChI is InChI=1S/C10H21NO2/c1-5-9(6-2)7-13-10(12)8(3)11-4/h8-9,11H,5-7H2,1-4H3/t8-/m0/s1. The Hall–Kier alpha value is -0.570. The van der Waals surface area contributed by atoms with Crippen molar-refractivity contribution < 1.29 is 9.53 Å². The minimum Gasteiger partial charge on any atom is -0.464 e. The average Bonchev–Trinajstić information content (AvgIpc) is 2.17. The van der Waals surface area contributed by atoms with E-state index in [9.17, 15) is 4.79 Å². The van der Waals surface area contributed by atoms with Gasteiger partial charge in [0.05, 0.1) is 6.61 Å². The molecule has 0 unspecified atom stereocenters. The van der Waals surface area contributed by atoms with Gasteiger partial charge < -0.3 is 10.1 Å². The van der Waals surface area contributed by atoms with E-state index in [1.165, 1.54) is 0 Å². The SMILES string of the molecule is CCC(CC)COC(=O)[C@H](C)NC. The lowest BCUT2D eigenvalue weighted by Gasteiger charge is -2.15. The van der Waals surface area contributed by atoms with Gasteiger partial charge in [0.2, 0.25) is 0 Å². The lowest BCUT2D eigenvalue weighted by atomic mass is 10.1. The van der Waals surface area contributed by atoms with Crippen molar-refractivity contribution in [2.45, 2.75) is 39.7 Å². The summed E-state index contributed by atoms with van der Waals surface area (Å²) in [4.78, 5) is 11.2. The summed E-state index contributed by atoms with van der Waals surface area (Å²) >= 11 is 0. The number of ether oxygens (including phenoxy) is 1. The Morgan fingerprint density at radius 3 is 2.31 bits per heavy atom. The number of hydrogen-bond donors (Lipinski definition) is 1. The summed E-state index contributed by atoms with van der Waals surface area (Å²) in [7, 11) is 1.75. The van der Waals surface area contributed by atoms with Gasteiger partial charge in [-0.2, -0.15) is 0 Å². The highest BCUT2D eigenvalue weighted by atomic mass is 16.5. The van der Waals surface area contributed by atoms with Crippen molar-refractivity contribution in [3.8, 4) is 0 Å². The topological polar surface area (TPSA) is 38.3 Å². The first-order valence-corrected chi connectivity index (χ1v) is 4.99. The molecule has 0 aromatic rings. The Balaban J connectivity index is 3.68. The van der Waals surface area contributed by atoms with E-state index in [0.29, 0.717) is 12.5 Å². The average molecular weight is 187 g/mol. The van der Waals surface area contributed by atoms with Crippen LogP contribution in [0.4, 0.5) is 0 Å². The van der Waals surface area contributed by atoms with E-state index in [4.69, 9.17) is 4.74 Å². The van der Waals surface area contributed by atoms with Crippen LogP contribution in [0.5, 0.6) is 0 Å². The molecule has 0 aliphatic rings. The van der Waals surface area contributed by atoms with Crippen molar-refractivity contribution in [2.75, 3.05) is 13.7 Å². The van der Waals surface area contributed by atoms with Gasteiger partial charge in [0.15, 0.2) is 0 Å². The number of hydrogen-bond acceptors (Lipinski definition) is 3. The smallest absolute Gasteiger partial charge is 0.322 e. The molecule has 0 saturated carbocycles. The molecule has 0 aliphatic carbocycles. The maximum Gasteiger partial charge on any atom is 0.322 e. The Kier molecular flexibility index (Phi) is 6.59. The third kappa shape index (κ3) is 4.88. The molecular formula is C10H21NO2. The summed E-state index contributed by atoms with van der Waals surface area (Å²) in [6.07, 6.45) is 2.13. The quantitative estimate of drug-likeness (QED) is 0.641. The van der Waals surface area contributed by atoms with Crippen molar-refractivity contribution in [1.29, 1.82) is 0 Å². The Bertz CT molecular complexity index is 144. The highest BCUT2D eigenvalue weighted by Crippen LogP contribution is 2.07. The zero-order valence-corrected chi connectivity index (χ0v) is 9.09. The number of carbonyl (C=O) groups is 1. The second kappa shape index (κ2) is 6.89. The van der Waals surface area contributed by atoms with Crippen molar-refractivity contribution >= 4 is 5.97 Å². The fourth-order valence-corrected chi connectivity index (χ4v) is 0.967. The van der Waals surface area contributed by atoms with Gasteiger partial charge in [-0.1, -0.05) is 26.7 Å². The van der Waals surface area contributed by atoms with Crippen LogP contribution in [0.1, 0.15) is 33.6 Å². The summed E-state index contributed by atoms with van der Waals surface area (Å²) in [5.41, 5.74) is 0. The molecular weight excluding hydrogens is 166 g/mol. The Morgan fingerprint density at radius 2 is 1.92 bits per heavy atom. The van der Waals surface area contributed by atoms with E-state index in [0.717, 1.165) is 12.8 Å². The van der Waals surface area contributed by atoms with E-state index in [2.05, 4.69) is 19.2 Å². The van der Waals surface area contributed by atoms with Crippen LogP contribution >= 0.6 is 0 Å². The molecule has 0 amide bonds. The summed E-state index contributed by atoms with van der Waals surface area (Å²) < 4.78 is 5.14. The van der Waals surface area contributed by atoms with Gasteiger partial charge in [-0.3, -0.25) is 4.79 Å². The van der Waals surface area contributed by atoms with Crippen LogP contribution in [-0.4, -0.2) is 25.7 Å². The number of nitrogens with one attached hydrogen (secondary N) is 1. The lowest BCUT2D eigenvalue weighted by Crippen LogP contribution is -2.33. The third-order valence-electron chi connectivity index (χ3n) is 2.40. The van der Waals surface area contributed by atoms with Crippen LogP contribution in [0.25, 0.3) is 0 Å². The molecule has 3 heteroatoms. The molecule has 0 radical (unpaired) electrons. The molecule has 0 bridgehead atoms. The third-order valence-corrected chi connectivity index (χ3v) is 2.40. The molecule has 0 spiro atoms. The number of carbonyl (C=O) groups excluding carboxylic acids is 1. The predicted molar refractivity (Wildman–Crippen MR) is 53.6 cm³/mol. The van der Waals surface area contributed by atoms with Crippen LogP contribution in [0.2, 0.25) is 0 Å². The van der Waals surface area contributed by atoms with Crippen LogP contribution in [0.3, 0.4) is 0 Å². The van der Waals surface area contributed by atoms with E-state index in [1.807, 2.05) is 0 Å². The van der Waals surface area contributed by atoms with E-state index in [-0.39, 0.29) is 12.0 Å². The monoisotopic (exact) mass is 187 g/mol. The van der Waals surface area contributed by atoms with Crippen molar-refractivity contribution in [3.05, 3.63) is 0 Å². The molecule has 78 valence electrons. The van der Waals surface area contributed by atoms with Crippen molar-refractivity contribution in [2.24, 2.45) is 5.92 Å². The Morgan fingerprint density at radius 1 is 1.38 bits per heavy atom. The molecule has 0 heterocycles. The van der Waals surface area contributed by atoms with Gasteiger partial charge >= 0.3 is 5.97 Å². The number of rotatable bonds is 6. The molecule has 0 saturated heterocycles. The van der Waals surface area contributed by atoms with Crippen molar-refractivity contribution in [1.82, 2.24) is 5.32 Å². The van der Waals surface area contributed by atoms with Crippen molar-refractivity contribution in [3.63, 3.8) is 0 Å². The molecule has 1 atom stereocenters. The predicted octanol–water partition coefficient (Wildman–Crippen LogP) is 1.57.